The summed E-state index contributed by atoms with van der Waals surface area (Å²) in [5.74, 6) is 1.41. The first-order chi connectivity index (χ1) is 15.6. The molecular weight excluding hydrogens is 426 g/mol. The van der Waals surface area contributed by atoms with Gasteiger partial charge in [0.15, 0.2) is 5.13 Å². The Balaban J connectivity index is 1.22. The van der Waals surface area contributed by atoms with Crippen LogP contribution in [-0.4, -0.2) is 52.1 Å². The Morgan fingerprint density at radius 3 is 2.75 bits per heavy atom. The molecular formula is C23H23N5O3S. The molecule has 1 aliphatic rings. The second kappa shape index (κ2) is 8.58. The molecule has 0 spiro atoms. The second-order valence-corrected chi connectivity index (χ2v) is 8.68. The molecule has 3 aromatic heterocycles. The van der Waals surface area contributed by atoms with Crippen LogP contribution in [0.25, 0.3) is 10.3 Å². The van der Waals surface area contributed by atoms with Gasteiger partial charge in [-0.1, -0.05) is 22.6 Å². The van der Waals surface area contributed by atoms with Gasteiger partial charge in [0, 0.05) is 37.9 Å². The Hall–Kier alpha value is -3.46. The molecule has 1 aromatic carbocycles. The van der Waals surface area contributed by atoms with E-state index in [4.69, 9.17) is 9.26 Å². The third kappa shape index (κ3) is 4.03. The summed E-state index contributed by atoms with van der Waals surface area (Å²) in [6.45, 7) is 6.89. The third-order valence-electron chi connectivity index (χ3n) is 5.64. The lowest BCUT2D eigenvalue weighted by atomic mass is 10.1. The van der Waals surface area contributed by atoms with Crippen LogP contribution in [0.3, 0.4) is 0 Å². The van der Waals surface area contributed by atoms with E-state index in [-0.39, 0.29) is 5.91 Å². The SMILES string of the molecule is Cc1noc(C)c1COc1cccc(C(=O)N2CCN(c3nc4cccnc4s3)CC2)c1. The number of rotatable bonds is 5. The minimum atomic E-state index is 0.0124. The van der Waals surface area contributed by atoms with E-state index in [2.05, 4.69) is 20.0 Å². The molecule has 8 nitrogen and oxygen atoms in total. The zero-order chi connectivity index (χ0) is 22.1. The molecule has 0 radical (unpaired) electrons. The molecule has 0 atom stereocenters. The third-order valence-corrected chi connectivity index (χ3v) is 6.68. The number of pyridine rings is 1. The number of hydrogen-bond acceptors (Lipinski definition) is 8. The van der Waals surface area contributed by atoms with Gasteiger partial charge in [0.1, 0.15) is 28.5 Å². The summed E-state index contributed by atoms with van der Waals surface area (Å²) in [4.78, 5) is 27.2. The number of ether oxygens (including phenoxy) is 1. The maximum absolute atomic E-state index is 13.1. The van der Waals surface area contributed by atoms with Crippen molar-refractivity contribution in [1.82, 2.24) is 20.0 Å². The lowest BCUT2D eigenvalue weighted by Gasteiger charge is -2.34. The van der Waals surface area contributed by atoms with Crippen molar-refractivity contribution in [2.24, 2.45) is 0 Å². The maximum atomic E-state index is 13.1. The van der Waals surface area contributed by atoms with Crippen LogP contribution >= 0.6 is 11.3 Å². The van der Waals surface area contributed by atoms with E-state index < -0.39 is 0 Å². The molecule has 1 amide bonds. The van der Waals surface area contributed by atoms with Gasteiger partial charge in [0.2, 0.25) is 0 Å². The van der Waals surface area contributed by atoms with Crippen LogP contribution in [0.5, 0.6) is 5.75 Å². The van der Waals surface area contributed by atoms with Gasteiger partial charge in [-0.2, -0.15) is 0 Å². The lowest BCUT2D eigenvalue weighted by molar-refractivity contribution is 0.0746. The summed E-state index contributed by atoms with van der Waals surface area (Å²) in [6, 6.07) is 11.2. The Bertz CT molecular complexity index is 1210. The molecule has 32 heavy (non-hydrogen) atoms. The number of anilines is 1. The monoisotopic (exact) mass is 449 g/mol. The van der Waals surface area contributed by atoms with Crippen LogP contribution in [0.15, 0.2) is 47.1 Å². The summed E-state index contributed by atoms with van der Waals surface area (Å²) in [5, 5.41) is 4.91. The molecule has 1 saturated heterocycles. The van der Waals surface area contributed by atoms with Gasteiger partial charge in [-0.05, 0) is 44.2 Å². The van der Waals surface area contributed by atoms with E-state index in [1.807, 2.05) is 49.1 Å². The van der Waals surface area contributed by atoms with Gasteiger partial charge < -0.3 is 19.1 Å². The fourth-order valence-electron chi connectivity index (χ4n) is 3.76. The number of aryl methyl sites for hydroxylation is 2. The first-order valence-corrected chi connectivity index (χ1v) is 11.3. The Morgan fingerprint density at radius 1 is 1.16 bits per heavy atom. The van der Waals surface area contributed by atoms with Gasteiger partial charge in [0.25, 0.3) is 5.91 Å². The molecule has 5 rings (SSSR count). The molecule has 4 heterocycles. The number of piperazine rings is 1. The molecule has 0 saturated carbocycles. The van der Waals surface area contributed by atoms with Gasteiger partial charge in [-0.3, -0.25) is 4.79 Å². The topological polar surface area (TPSA) is 84.6 Å². The number of fused-ring (bicyclic) bond motifs is 1. The van der Waals surface area contributed by atoms with Gasteiger partial charge >= 0.3 is 0 Å². The molecule has 0 N–H and O–H groups in total. The zero-order valence-corrected chi connectivity index (χ0v) is 18.8. The van der Waals surface area contributed by atoms with Gasteiger partial charge in [-0.15, -0.1) is 0 Å². The molecule has 1 aliphatic heterocycles. The highest BCUT2D eigenvalue weighted by atomic mass is 32.1. The maximum Gasteiger partial charge on any atom is 0.254 e. The highest BCUT2D eigenvalue weighted by Gasteiger charge is 2.24. The summed E-state index contributed by atoms with van der Waals surface area (Å²) in [7, 11) is 0. The number of benzene rings is 1. The van der Waals surface area contributed by atoms with Gasteiger partial charge in [0.05, 0.1) is 11.3 Å². The van der Waals surface area contributed by atoms with Crippen LogP contribution in [0.1, 0.15) is 27.4 Å². The van der Waals surface area contributed by atoms with Crippen molar-refractivity contribution in [1.29, 1.82) is 0 Å². The molecule has 9 heteroatoms. The summed E-state index contributed by atoms with van der Waals surface area (Å²) in [5.41, 5.74) is 3.29. The number of amides is 1. The fraction of sp³-hybridized carbons (Fsp3) is 0.304. The van der Waals surface area contributed by atoms with E-state index in [0.717, 1.165) is 45.6 Å². The average Bonchev–Trinajstić information content (AvgIpc) is 3.40. The Morgan fingerprint density at radius 2 is 2.00 bits per heavy atom. The number of hydrogen-bond donors (Lipinski definition) is 0. The van der Waals surface area contributed by atoms with Gasteiger partial charge in [-0.25, -0.2) is 9.97 Å². The van der Waals surface area contributed by atoms with Crippen molar-refractivity contribution in [3.8, 4) is 5.75 Å². The van der Waals surface area contributed by atoms with Crippen molar-refractivity contribution < 1.29 is 14.1 Å². The predicted octanol–water partition coefficient (Wildman–Crippen LogP) is 3.84. The van der Waals surface area contributed by atoms with E-state index in [1.165, 1.54) is 0 Å². The van der Waals surface area contributed by atoms with E-state index >= 15 is 0 Å². The smallest absolute Gasteiger partial charge is 0.254 e. The van der Waals surface area contributed by atoms with E-state index in [9.17, 15) is 4.79 Å². The molecule has 164 valence electrons. The largest absolute Gasteiger partial charge is 0.489 e. The fourth-order valence-corrected chi connectivity index (χ4v) is 4.72. The minimum absolute atomic E-state index is 0.0124. The van der Waals surface area contributed by atoms with Crippen LogP contribution in [0.2, 0.25) is 0 Å². The molecule has 1 fully saturated rings. The second-order valence-electron chi connectivity index (χ2n) is 7.72. The summed E-state index contributed by atoms with van der Waals surface area (Å²) < 4.78 is 11.1. The number of nitrogens with zero attached hydrogens (tertiary/aromatic N) is 5. The highest BCUT2D eigenvalue weighted by molar-refractivity contribution is 7.21. The first kappa shape index (κ1) is 20.4. The van der Waals surface area contributed by atoms with Crippen molar-refractivity contribution in [2.75, 3.05) is 31.1 Å². The standard InChI is InChI=1S/C23H23N5O3S/c1-15-19(16(2)31-26-15)14-30-18-6-3-5-17(13-18)22(29)27-9-11-28(12-10-27)23-25-20-7-4-8-24-21(20)32-23/h3-8,13H,9-12,14H2,1-2H3. The minimum Gasteiger partial charge on any atom is -0.489 e. The van der Waals surface area contributed by atoms with E-state index in [1.54, 1.807) is 23.6 Å². The summed E-state index contributed by atoms with van der Waals surface area (Å²) >= 11 is 1.59. The molecule has 0 bridgehead atoms. The molecule has 0 unspecified atom stereocenters. The Labute approximate surface area is 189 Å². The number of carbonyl (C=O) groups is 1. The van der Waals surface area contributed by atoms with Crippen LogP contribution in [-0.2, 0) is 6.61 Å². The van der Waals surface area contributed by atoms with Crippen molar-refractivity contribution >= 4 is 32.7 Å². The van der Waals surface area contributed by atoms with Crippen LogP contribution in [0.4, 0.5) is 5.13 Å². The first-order valence-electron chi connectivity index (χ1n) is 10.5. The number of carbonyl (C=O) groups excluding carboxylic acids is 1. The number of aromatic nitrogens is 3. The number of thiazole rings is 1. The summed E-state index contributed by atoms with van der Waals surface area (Å²) in [6.07, 6.45) is 1.78. The van der Waals surface area contributed by atoms with E-state index in [0.29, 0.717) is 31.0 Å². The normalized spacial score (nSPS) is 14.2. The lowest BCUT2D eigenvalue weighted by Crippen LogP contribution is -2.48. The van der Waals surface area contributed by atoms with Crippen molar-refractivity contribution in [2.45, 2.75) is 20.5 Å². The predicted molar refractivity (Wildman–Crippen MR) is 122 cm³/mol. The van der Waals surface area contributed by atoms with Crippen LogP contribution in [0, 0.1) is 13.8 Å². The van der Waals surface area contributed by atoms with Crippen molar-refractivity contribution in [3.05, 3.63) is 65.2 Å². The van der Waals surface area contributed by atoms with Crippen molar-refractivity contribution in [3.63, 3.8) is 0 Å². The highest BCUT2D eigenvalue weighted by Crippen LogP contribution is 2.28. The molecule has 4 aromatic rings. The Kier molecular flexibility index (Phi) is 5.48. The zero-order valence-electron chi connectivity index (χ0n) is 17.9. The average molecular weight is 450 g/mol. The van der Waals surface area contributed by atoms with Crippen LogP contribution < -0.4 is 9.64 Å². The molecule has 0 aliphatic carbocycles. The quantitative estimate of drug-likeness (QED) is 0.458.